The number of thioether (sulfide) groups is 1. The largest absolute Gasteiger partial charge is 0.497 e. The number of nitrogens with one attached hydrogen (secondary N) is 1. The lowest BCUT2D eigenvalue weighted by molar-refractivity contribution is -0.125. The molecule has 0 spiro atoms. The second-order valence-electron chi connectivity index (χ2n) is 7.19. The Morgan fingerprint density at radius 2 is 1.90 bits per heavy atom. The lowest BCUT2D eigenvalue weighted by atomic mass is 10.0. The third-order valence-electron chi connectivity index (χ3n) is 5.45. The molecule has 0 aromatic heterocycles. The van der Waals surface area contributed by atoms with Gasteiger partial charge in [0.25, 0.3) is 0 Å². The molecule has 2 aliphatic heterocycles. The molecule has 1 saturated heterocycles. The number of amides is 1. The van der Waals surface area contributed by atoms with Crippen LogP contribution in [0.3, 0.4) is 0 Å². The van der Waals surface area contributed by atoms with E-state index in [0.717, 1.165) is 17.7 Å². The maximum absolute atomic E-state index is 13.1. The van der Waals surface area contributed by atoms with Gasteiger partial charge in [-0.05, 0) is 55.2 Å². The number of sulfonamides is 1. The molecule has 2 heterocycles. The standard InChI is InChI=1S/C21H24N2O4S2/c1-27-15-8-10-16(11-9-15)29(25,26)23-13-4-6-19(23)21(24)22-18-12-14-28-20-7-3-2-5-17(18)20/h2-3,5,7-11,18-19H,4,6,12-14H2,1H3,(H,22,24)/t18-,19-/m0/s1. The van der Waals surface area contributed by atoms with Crippen molar-refractivity contribution in [3.63, 3.8) is 0 Å². The molecule has 154 valence electrons. The van der Waals surface area contributed by atoms with E-state index in [2.05, 4.69) is 11.4 Å². The van der Waals surface area contributed by atoms with Crippen molar-refractivity contribution in [3.8, 4) is 5.75 Å². The van der Waals surface area contributed by atoms with Crippen LogP contribution in [0.25, 0.3) is 0 Å². The number of nitrogens with zero attached hydrogens (tertiary/aromatic N) is 1. The summed E-state index contributed by atoms with van der Waals surface area (Å²) in [6, 6.07) is 13.6. The monoisotopic (exact) mass is 432 g/mol. The van der Waals surface area contributed by atoms with Crippen molar-refractivity contribution in [2.75, 3.05) is 19.4 Å². The van der Waals surface area contributed by atoms with E-state index in [4.69, 9.17) is 4.74 Å². The summed E-state index contributed by atoms with van der Waals surface area (Å²) >= 11 is 1.79. The molecule has 2 aliphatic rings. The van der Waals surface area contributed by atoms with Crippen LogP contribution < -0.4 is 10.1 Å². The van der Waals surface area contributed by atoms with Gasteiger partial charge in [-0.15, -0.1) is 11.8 Å². The van der Waals surface area contributed by atoms with Crippen LogP contribution in [0.15, 0.2) is 58.3 Å². The molecule has 0 saturated carbocycles. The maximum atomic E-state index is 13.1. The van der Waals surface area contributed by atoms with Crippen molar-refractivity contribution >= 4 is 27.7 Å². The smallest absolute Gasteiger partial charge is 0.243 e. The molecule has 0 radical (unpaired) electrons. The summed E-state index contributed by atoms with van der Waals surface area (Å²) < 4.78 is 32.7. The molecule has 4 rings (SSSR count). The van der Waals surface area contributed by atoms with Crippen LogP contribution in [0, 0.1) is 0 Å². The van der Waals surface area contributed by atoms with E-state index in [1.54, 1.807) is 23.9 Å². The van der Waals surface area contributed by atoms with Crippen molar-refractivity contribution < 1.29 is 17.9 Å². The van der Waals surface area contributed by atoms with Crippen molar-refractivity contribution in [2.45, 2.75) is 41.1 Å². The number of methoxy groups -OCH3 is 1. The number of ether oxygens (including phenoxy) is 1. The normalized spacial score (nSPS) is 22.1. The predicted octanol–water partition coefficient (Wildman–Crippen LogP) is 3.20. The molecule has 2 aromatic carbocycles. The molecular formula is C21H24N2O4S2. The number of carbonyl (C=O) groups excluding carboxylic acids is 1. The molecule has 2 aromatic rings. The summed E-state index contributed by atoms with van der Waals surface area (Å²) in [5.74, 6) is 1.31. The quantitative estimate of drug-likeness (QED) is 0.785. The Labute approximate surface area is 175 Å². The maximum Gasteiger partial charge on any atom is 0.243 e. The lowest BCUT2D eigenvalue weighted by Crippen LogP contribution is -2.47. The summed E-state index contributed by atoms with van der Waals surface area (Å²) in [5, 5.41) is 3.11. The van der Waals surface area contributed by atoms with E-state index in [9.17, 15) is 13.2 Å². The van der Waals surface area contributed by atoms with Gasteiger partial charge in [0.05, 0.1) is 18.0 Å². The Morgan fingerprint density at radius 1 is 1.14 bits per heavy atom. The molecule has 0 bridgehead atoms. The second kappa shape index (κ2) is 8.38. The van der Waals surface area contributed by atoms with Crippen LogP contribution in [-0.4, -0.2) is 44.1 Å². The number of rotatable bonds is 5. The Hall–Kier alpha value is -2.03. The summed E-state index contributed by atoms with van der Waals surface area (Å²) in [6.07, 6.45) is 2.04. The summed E-state index contributed by atoms with van der Waals surface area (Å²) in [5.41, 5.74) is 1.11. The highest BCUT2D eigenvalue weighted by Gasteiger charge is 2.40. The molecule has 1 fully saturated rings. The molecule has 2 atom stereocenters. The predicted molar refractivity (Wildman–Crippen MR) is 113 cm³/mol. The fourth-order valence-electron chi connectivity index (χ4n) is 3.93. The Kier molecular flexibility index (Phi) is 5.85. The molecule has 1 N–H and O–H groups in total. The van der Waals surface area contributed by atoms with Gasteiger partial charge in [0, 0.05) is 17.2 Å². The Balaban J connectivity index is 1.53. The minimum Gasteiger partial charge on any atom is -0.497 e. The topological polar surface area (TPSA) is 75.7 Å². The molecule has 8 heteroatoms. The zero-order valence-electron chi connectivity index (χ0n) is 16.2. The SMILES string of the molecule is COc1ccc(S(=O)(=O)N2CCC[C@H]2C(=O)N[C@H]2CCSc3ccccc32)cc1. The average Bonchev–Trinajstić information content (AvgIpc) is 3.25. The third kappa shape index (κ3) is 4.01. The minimum atomic E-state index is -3.75. The highest BCUT2D eigenvalue weighted by Crippen LogP contribution is 2.36. The van der Waals surface area contributed by atoms with Crippen LogP contribution in [0.2, 0.25) is 0 Å². The number of hydrogen-bond donors (Lipinski definition) is 1. The number of carbonyl (C=O) groups is 1. The molecular weight excluding hydrogens is 408 g/mol. The molecule has 29 heavy (non-hydrogen) atoms. The van der Waals surface area contributed by atoms with E-state index in [1.165, 1.54) is 28.4 Å². The second-order valence-corrected chi connectivity index (χ2v) is 10.2. The van der Waals surface area contributed by atoms with Gasteiger partial charge < -0.3 is 10.1 Å². The van der Waals surface area contributed by atoms with Gasteiger partial charge in [0.1, 0.15) is 11.8 Å². The first-order chi connectivity index (χ1) is 14.0. The van der Waals surface area contributed by atoms with Crippen LogP contribution in [0.4, 0.5) is 0 Å². The summed E-state index contributed by atoms with van der Waals surface area (Å²) in [4.78, 5) is 14.4. The molecule has 1 amide bonds. The highest BCUT2D eigenvalue weighted by molar-refractivity contribution is 7.99. The van der Waals surface area contributed by atoms with Gasteiger partial charge in [-0.2, -0.15) is 4.31 Å². The van der Waals surface area contributed by atoms with Crippen molar-refractivity contribution in [2.24, 2.45) is 0 Å². The lowest BCUT2D eigenvalue weighted by Gasteiger charge is -2.29. The summed E-state index contributed by atoms with van der Waals surface area (Å²) in [7, 11) is -2.21. The van der Waals surface area contributed by atoms with Crippen LogP contribution >= 0.6 is 11.8 Å². The zero-order chi connectivity index (χ0) is 20.4. The fourth-order valence-corrected chi connectivity index (χ4v) is 6.71. The number of fused-ring (bicyclic) bond motifs is 1. The zero-order valence-corrected chi connectivity index (χ0v) is 17.8. The van der Waals surface area contributed by atoms with Crippen molar-refractivity contribution in [1.29, 1.82) is 0 Å². The van der Waals surface area contributed by atoms with Gasteiger partial charge in [0.15, 0.2) is 0 Å². The van der Waals surface area contributed by atoms with Crippen molar-refractivity contribution in [1.82, 2.24) is 9.62 Å². The van der Waals surface area contributed by atoms with Gasteiger partial charge in [-0.1, -0.05) is 18.2 Å². The van der Waals surface area contributed by atoms with E-state index in [1.807, 2.05) is 18.2 Å². The first kappa shape index (κ1) is 20.3. The fraction of sp³-hybridized carbons (Fsp3) is 0.381. The Bertz CT molecular complexity index is 992. The van der Waals surface area contributed by atoms with Crippen LogP contribution in [0.1, 0.15) is 30.9 Å². The third-order valence-corrected chi connectivity index (χ3v) is 8.49. The minimum absolute atomic E-state index is 0.0777. The number of hydrogen-bond acceptors (Lipinski definition) is 5. The van der Waals surface area contributed by atoms with Crippen molar-refractivity contribution in [3.05, 3.63) is 54.1 Å². The molecule has 0 unspecified atom stereocenters. The number of benzene rings is 2. The van der Waals surface area contributed by atoms with Gasteiger partial charge in [-0.3, -0.25) is 4.79 Å². The van der Waals surface area contributed by atoms with E-state index in [0.29, 0.717) is 25.1 Å². The first-order valence-corrected chi connectivity index (χ1v) is 12.1. The van der Waals surface area contributed by atoms with E-state index < -0.39 is 16.1 Å². The Morgan fingerprint density at radius 3 is 2.66 bits per heavy atom. The van der Waals surface area contributed by atoms with Gasteiger partial charge in [0.2, 0.25) is 15.9 Å². The van der Waals surface area contributed by atoms with Gasteiger partial charge >= 0.3 is 0 Å². The van der Waals surface area contributed by atoms with Crippen LogP contribution in [-0.2, 0) is 14.8 Å². The summed E-state index contributed by atoms with van der Waals surface area (Å²) in [6.45, 7) is 0.351. The van der Waals surface area contributed by atoms with Gasteiger partial charge in [-0.25, -0.2) is 8.42 Å². The average molecular weight is 433 g/mol. The molecule has 0 aliphatic carbocycles. The van der Waals surface area contributed by atoms with Crippen LogP contribution in [0.5, 0.6) is 5.75 Å². The molecule has 6 nitrogen and oxygen atoms in total. The first-order valence-electron chi connectivity index (χ1n) is 9.68. The highest BCUT2D eigenvalue weighted by atomic mass is 32.2. The van der Waals surface area contributed by atoms with E-state index >= 15 is 0 Å². The van der Waals surface area contributed by atoms with E-state index in [-0.39, 0.29) is 16.8 Å².